The summed E-state index contributed by atoms with van der Waals surface area (Å²) in [6.45, 7) is 0. The molecule has 0 fully saturated rings. The Morgan fingerprint density at radius 3 is 2.28 bits per heavy atom. The van der Waals surface area contributed by atoms with E-state index in [-0.39, 0.29) is 11.6 Å². The van der Waals surface area contributed by atoms with Gasteiger partial charge in [0.1, 0.15) is 17.2 Å². The summed E-state index contributed by atoms with van der Waals surface area (Å²) >= 11 is 1.40. The first kappa shape index (κ1) is 18.8. The fourth-order valence-electron chi connectivity index (χ4n) is 3.14. The third kappa shape index (κ3) is 3.36. The van der Waals surface area contributed by atoms with Crippen molar-refractivity contribution in [1.82, 2.24) is 0 Å². The molecule has 2 aromatic carbocycles. The van der Waals surface area contributed by atoms with E-state index >= 15 is 0 Å². The number of methoxy groups -OCH3 is 2. The number of rotatable bonds is 6. The summed E-state index contributed by atoms with van der Waals surface area (Å²) in [6.07, 6.45) is 0. The minimum absolute atomic E-state index is 0.220. The lowest BCUT2D eigenvalue weighted by Crippen LogP contribution is -2.32. The molecule has 3 aromatic rings. The number of anilines is 2. The van der Waals surface area contributed by atoms with E-state index in [1.54, 1.807) is 50.6 Å². The van der Waals surface area contributed by atoms with E-state index in [9.17, 15) is 9.59 Å². The molecule has 1 N–H and O–H groups in total. The van der Waals surface area contributed by atoms with Crippen LogP contribution in [0.5, 0.6) is 11.5 Å². The van der Waals surface area contributed by atoms with Crippen molar-refractivity contribution in [3.63, 3.8) is 0 Å². The largest absolute Gasteiger partial charge is 0.497 e. The summed E-state index contributed by atoms with van der Waals surface area (Å²) in [4.78, 5) is 28.5. The van der Waals surface area contributed by atoms with Crippen LogP contribution in [0.2, 0.25) is 0 Å². The number of para-hydroxylation sites is 2. The molecule has 0 saturated heterocycles. The molecule has 1 aliphatic rings. The minimum atomic E-state index is -0.422. The highest BCUT2D eigenvalue weighted by molar-refractivity contribution is 7.11. The van der Waals surface area contributed by atoms with Gasteiger partial charge in [0.05, 0.1) is 31.2 Å². The molecule has 1 aromatic heterocycles. The molecule has 0 unspecified atom stereocenters. The number of nitrogens with one attached hydrogen (secondary N) is 1. The Morgan fingerprint density at radius 2 is 1.62 bits per heavy atom. The summed E-state index contributed by atoms with van der Waals surface area (Å²) in [5.41, 5.74) is 1.65. The van der Waals surface area contributed by atoms with Gasteiger partial charge in [-0.3, -0.25) is 9.59 Å². The van der Waals surface area contributed by atoms with Crippen LogP contribution < -0.4 is 19.7 Å². The molecule has 1 aliphatic heterocycles. The Hall–Kier alpha value is -3.58. The van der Waals surface area contributed by atoms with Crippen molar-refractivity contribution >= 4 is 40.1 Å². The Bertz CT molecular complexity index is 1090. The fourth-order valence-corrected chi connectivity index (χ4v) is 3.91. The number of carbonyl (C=O) groups excluding carboxylic acids is 2. The predicted molar refractivity (Wildman–Crippen MR) is 113 cm³/mol. The molecule has 2 amide bonds. The van der Waals surface area contributed by atoms with Crippen LogP contribution in [0.15, 0.2) is 71.7 Å². The second-order valence-corrected chi connectivity index (χ2v) is 7.14. The van der Waals surface area contributed by atoms with Gasteiger partial charge in [-0.15, -0.1) is 11.3 Å². The molecule has 0 spiro atoms. The van der Waals surface area contributed by atoms with Gasteiger partial charge in [-0.05, 0) is 47.8 Å². The van der Waals surface area contributed by atoms with Crippen LogP contribution in [-0.2, 0) is 9.59 Å². The average molecular weight is 406 g/mol. The highest BCUT2D eigenvalue weighted by Crippen LogP contribution is 2.37. The Labute approximate surface area is 172 Å². The normalized spacial score (nSPS) is 13.8. The second-order valence-electron chi connectivity index (χ2n) is 6.20. The Morgan fingerprint density at radius 1 is 0.862 bits per heavy atom. The van der Waals surface area contributed by atoms with Gasteiger partial charge in [0.15, 0.2) is 0 Å². The van der Waals surface area contributed by atoms with Crippen molar-refractivity contribution in [3.05, 3.63) is 76.6 Å². The zero-order chi connectivity index (χ0) is 20.4. The predicted octanol–water partition coefficient (Wildman–Crippen LogP) is 4.16. The molecule has 0 bridgehead atoms. The summed E-state index contributed by atoms with van der Waals surface area (Å²) < 4.78 is 10.5. The molecular formula is C22H18N2O4S. The zero-order valence-electron chi connectivity index (χ0n) is 15.8. The number of hydrogen-bond donors (Lipinski definition) is 1. The first-order valence-electron chi connectivity index (χ1n) is 8.85. The van der Waals surface area contributed by atoms with Crippen molar-refractivity contribution < 1.29 is 19.1 Å². The quantitative estimate of drug-likeness (QED) is 0.623. The Kier molecular flexibility index (Phi) is 5.05. The number of hydrogen-bond acceptors (Lipinski definition) is 6. The third-order valence-corrected chi connectivity index (χ3v) is 5.44. The van der Waals surface area contributed by atoms with E-state index in [2.05, 4.69) is 5.32 Å². The first-order valence-corrected chi connectivity index (χ1v) is 9.73. The van der Waals surface area contributed by atoms with Crippen molar-refractivity contribution in [3.8, 4) is 11.5 Å². The lowest BCUT2D eigenvalue weighted by atomic mass is 10.1. The number of benzene rings is 2. The van der Waals surface area contributed by atoms with Crippen LogP contribution in [-0.4, -0.2) is 26.0 Å². The molecule has 2 heterocycles. The van der Waals surface area contributed by atoms with E-state index in [1.165, 1.54) is 16.2 Å². The van der Waals surface area contributed by atoms with Gasteiger partial charge in [-0.1, -0.05) is 18.2 Å². The lowest BCUT2D eigenvalue weighted by molar-refractivity contribution is -0.120. The van der Waals surface area contributed by atoms with Gasteiger partial charge in [-0.25, -0.2) is 4.90 Å². The van der Waals surface area contributed by atoms with Crippen molar-refractivity contribution in [2.75, 3.05) is 24.4 Å². The molecule has 0 aliphatic carbocycles. The topological polar surface area (TPSA) is 67.9 Å². The maximum Gasteiger partial charge on any atom is 0.282 e. The van der Waals surface area contributed by atoms with Gasteiger partial charge < -0.3 is 14.8 Å². The lowest BCUT2D eigenvalue weighted by Gasteiger charge is -2.16. The summed E-state index contributed by atoms with van der Waals surface area (Å²) in [5.74, 6) is 0.426. The van der Waals surface area contributed by atoms with Crippen LogP contribution in [0, 0.1) is 0 Å². The molecule has 0 saturated carbocycles. The monoisotopic (exact) mass is 406 g/mol. The van der Waals surface area contributed by atoms with Gasteiger partial charge in [0.2, 0.25) is 0 Å². The fraction of sp³-hybridized carbons (Fsp3) is 0.0909. The molecule has 146 valence electrons. The van der Waals surface area contributed by atoms with E-state index in [4.69, 9.17) is 9.47 Å². The van der Waals surface area contributed by atoms with Gasteiger partial charge in [-0.2, -0.15) is 0 Å². The number of carbonyl (C=O) groups is 2. The molecule has 0 radical (unpaired) electrons. The highest BCUT2D eigenvalue weighted by atomic mass is 32.1. The van der Waals surface area contributed by atoms with Gasteiger partial charge >= 0.3 is 0 Å². The number of imide groups is 1. The molecule has 0 atom stereocenters. The van der Waals surface area contributed by atoms with E-state index in [0.717, 1.165) is 4.88 Å². The molecule has 4 rings (SSSR count). The SMILES string of the molecule is COc1ccc(N2C(=O)C(Nc3ccccc3OC)=C(c3cccs3)C2=O)cc1. The van der Waals surface area contributed by atoms with Crippen LogP contribution in [0.1, 0.15) is 4.88 Å². The first-order chi connectivity index (χ1) is 14.1. The summed E-state index contributed by atoms with van der Waals surface area (Å²) in [6, 6.07) is 17.7. The van der Waals surface area contributed by atoms with Crippen molar-refractivity contribution in [2.45, 2.75) is 0 Å². The second kappa shape index (κ2) is 7.81. The van der Waals surface area contributed by atoms with E-state index < -0.39 is 5.91 Å². The average Bonchev–Trinajstić information content (AvgIpc) is 3.35. The van der Waals surface area contributed by atoms with Crippen LogP contribution >= 0.6 is 11.3 Å². The number of thiophene rings is 1. The van der Waals surface area contributed by atoms with Crippen LogP contribution in [0.4, 0.5) is 11.4 Å². The molecule has 6 nitrogen and oxygen atoms in total. The highest BCUT2D eigenvalue weighted by Gasteiger charge is 2.40. The van der Waals surface area contributed by atoms with Crippen LogP contribution in [0.3, 0.4) is 0 Å². The smallest absolute Gasteiger partial charge is 0.282 e. The van der Waals surface area contributed by atoms with Crippen molar-refractivity contribution in [2.24, 2.45) is 0 Å². The Balaban J connectivity index is 1.78. The zero-order valence-corrected chi connectivity index (χ0v) is 16.7. The summed E-state index contributed by atoms with van der Waals surface area (Å²) in [5, 5.41) is 5.00. The number of ether oxygens (including phenoxy) is 2. The van der Waals surface area contributed by atoms with Gasteiger partial charge in [0, 0.05) is 4.88 Å². The summed E-state index contributed by atoms with van der Waals surface area (Å²) in [7, 11) is 3.12. The molecule has 7 heteroatoms. The van der Waals surface area contributed by atoms with E-state index in [0.29, 0.717) is 28.4 Å². The maximum absolute atomic E-state index is 13.3. The maximum atomic E-state index is 13.3. The van der Waals surface area contributed by atoms with E-state index in [1.807, 2.05) is 29.6 Å². The van der Waals surface area contributed by atoms with Crippen LogP contribution in [0.25, 0.3) is 5.57 Å². The third-order valence-electron chi connectivity index (χ3n) is 4.55. The van der Waals surface area contributed by atoms with Gasteiger partial charge in [0.25, 0.3) is 11.8 Å². The van der Waals surface area contributed by atoms with Crippen molar-refractivity contribution in [1.29, 1.82) is 0 Å². The number of nitrogens with zero attached hydrogens (tertiary/aromatic N) is 1. The standard InChI is InChI=1S/C22H18N2O4S/c1-27-15-11-9-14(10-12-15)24-21(25)19(18-8-5-13-29-18)20(22(24)26)23-16-6-3-4-7-17(16)28-2/h3-13,23H,1-2H3. The minimum Gasteiger partial charge on any atom is -0.497 e. The number of amides is 2. The molecular weight excluding hydrogens is 388 g/mol. The molecule has 29 heavy (non-hydrogen) atoms.